The molecule has 9 rings (SSSR count). The highest BCUT2D eigenvalue weighted by molar-refractivity contribution is 6.53. The van der Waals surface area contributed by atoms with Gasteiger partial charge in [0.1, 0.15) is 11.5 Å². The first-order valence-corrected chi connectivity index (χ1v) is 26.7. The van der Waals surface area contributed by atoms with Gasteiger partial charge in [0.05, 0.1) is 0 Å². The van der Waals surface area contributed by atoms with Crippen molar-refractivity contribution in [2.45, 2.75) is 34.1 Å². The number of Topliss-reactive ketones (excluding diaryl/α,β-unsaturated/α-hetero) is 1. The van der Waals surface area contributed by atoms with Gasteiger partial charge in [-0.05, 0) is 150 Å². The number of carbonyl (C=O) groups excluding carboxylic acids is 2. The third-order valence-corrected chi connectivity index (χ3v) is 13.0. The van der Waals surface area contributed by atoms with Crippen LogP contribution in [-0.4, -0.2) is 12.1 Å². The summed E-state index contributed by atoms with van der Waals surface area (Å²) in [5.41, 5.74) is 14.3. The Labute approximate surface area is 473 Å². The van der Waals surface area contributed by atoms with Gasteiger partial charge in [-0.15, -0.1) is 0 Å². The molecule has 0 spiro atoms. The highest BCUT2D eigenvalue weighted by Gasteiger charge is 2.35. The normalized spacial score (nSPS) is 14.0. The van der Waals surface area contributed by atoms with Crippen LogP contribution in [0, 0.1) is 23.7 Å². The number of ether oxygens (including phenoxy) is 1. The van der Waals surface area contributed by atoms with E-state index in [1.165, 1.54) is 0 Å². The third kappa shape index (κ3) is 15.4. The minimum absolute atomic E-state index is 0.0354. The van der Waals surface area contributed by atoms with Crippen molar-refractivity contribution >= 4 is 39.9 Å². The zero-order valence-corrected chi connectivity index (χ0v) is 45.6. The molecule has 2 aliphatic carbocycles. The van der Waals surface area contributed by atoms with Gasteiger partial charge >= 0.3 is 0 Å². The second-order valence-electron chi connectivity index (χ2n) is 18.7. The molecule has 0 saturated carbocycles. The molecular formula is C77H62O3. The summed E-state index contributed by atoms with van der Waals surface area (Å²) >= 11 is 0. The van der Waals surface area contributed by atoms with Gasteiger partial charge in [0.2, 0.25) is 0 Å². The predicted molar refractivity (Wildman–Crippen MR) is 336 cm³/mol. The lowest BCUT2D eigenvalue weighted by atomic mass is 9.89. The summed E-state index contributed by atoms with van der Waals surface area (Å²) < 4.78 is 6.44. The fourth-order valence-electron chi connectivity index (χ4n) is 9.07. The lowest BCUT2D eigenvalue weighted by Gasteiger charge is -2.14. The molecule has 0 N–H and O–H groups in total. The van der Waals surface area contributed by atoms with Crippen LogP contribution in [0.3, 0.4) is 0 Å². The number of ketones is 1. The molecule has 0 fully saturated rings. The SMILES string of the molecule is C1=CC=CCC=C1.C\C=C/C(=C\C=C\C#Cc1ccccc1)C(/C)=C/C(=C(\C=O)c1ccccc1)c1ccc(O/C(C)=C/C=C(\C)C2=C(c3ccccc3)C(=O)C(c3ccc(C#Cc4ccccc4)cc3)=C2c2ccccc2)cc1. The first-order chi connectivity index (χ1) is 39.3. The van der Waals surface area contributed by atoms with Crippen molar-refractivity contribution in [1.29, 1.82) is 0 Å². The van der Waals surface area contributed by atoms with Crippen molar-refractivity contribution < 1.29 is 14.3 Å². The quantitative estimate of drug-likeness (QED) is 0.0272. The number of aldehydes is 1. The molecule has 388 valence electrons. The molecule has 0 atom stereocenters. The number of rotatable bonds is 14. The molecule has 7 aromatic rings. The van der Waals surface area contributed by atoms with Crippen LogP contribution in [0.5, 0.6) is 5.75 Å². The maximum Gasteiger partial charge on any atom is 0.195 e. The second kappa shape index (κ2) is 29.3. The average Bonchev–Trinajstić information content (AvgIpc) is 3.66. The largest absolute Gasteiger partial charge is 0.462 e. The van der Waals surface area contributed by atoms with Crippen molar-refractivity contribution in [3.63, 3.8) is 0 Å². The van der Waals surface area contributed by atoms with E-state index in [1.54, 1.807) is 0 Å². The minimum Gasteiger partial charge on any atom is -0.462 e. The Hall–Kier alpha value is -10.3. The fourth-order valence-corrected chi connectivity index (χ4v) is 9.07. The molecule has 0 saturated heterocycles. The number of hydrogen-bond donors (Lipinski definition) is 0. The van der Waals surface area contributed by atoms with E-state index in [1.807, 2.05) is 270 Å². The predicted octanol–water partition coefficient (Wildman–Crippen LogP) is 18.2. The number of carbonyl (C=O) groups is 2. The summed E-state index contributed by atoms with van der Waals surface area (Å²) in [7, 11) is 0. The summed E-state index contributed by atoms with van der Waals surface area (Å²) in [5.74, 6) is 14.0. The molecule has 0 heterocycles. The average molecular weight is 1040 g/mol. The van der Waals surface area contributed by atoms with Crippen LogP contribution in [-0.2, 0) is 9.59 Å². The molecule has 0 aromatic heterocycles. The van der Waals surface area contributed by atoms with Gasteiger partial charge in [-0.1, -0.05) is 248 Å². The van der Waals surface area contributed by atoms with E-state index in [2.05, 4.69) is 66.2 Å². The van der Waals surface area contributed by atoms with E-state index in [9.17, 15) is 9.59 Å². The summed E-state index contributed by atoms with van der Waals surface area (Å²) in [4.78, 5) is 27.9. The zero-order valence-electron chi connectivity index (χ0n) is 45.6. The Morgan fingerprint density at radius 2 is 1.01 bits per heavy atom. The van der Waals surface area contributed by atoms with Gasteiger partial charge in [0.15, 0.2) is 12.1 Å². The maximum absolute atomic E-state index is 15.0. The molecule has 2 aliphatic rings. The van der Waals surface area contributed by atoms with Crippen molar-refractivity contribution in [2.75, 3.05) is 0 Å². The van der Waals surface area contributed by atoms with Crippen LogP contribution in [0.15, 0.2) is 313 Å². The van der Waals surface area contributed by atoms with Gasteiger partial charge in [0, 0.05) is 39.0 Å². The molecule has 3 nitrogen and oxygen atoms in total. The monoisotopic (exact) mass is 1030 g/mol. The van der Waals surface area contributed by atoms with Gasteiger partial charge in [0.25, 0.3) is 0 Å². The van der Waals surface area contributed by atoms with E-state index < -0.39 is 0 Å². The first kappa shape index (κ1) is 55.9. The van der Waals surface area contributed by atoms with Crippen LogP contribution in [0.4, 0.5) is 0 Å². The molecule has 7 aromatic carbocycles. The van der Waals surface area contributed by atoms with E-state index >= 15 is 0 Å². The molecule has 0 amide bonds. The number of hydrogen-bond acceptors (Lipinski definition) is 3. The van der Waals surface area contributed by atoms with Gasteiger partial charge < -0.3 is 4.74 Å². The van der Waals surface area contributed by atoms with E-state index in [0.717, 1.165) is 90.7 Å². The van der Waals surface area contributed by atoms with Crippen molar-refractivity contribution in [3.05, 3.63) is 358 Å². The lowest BCUT2D eigenvalue weighted by Crippen LogP contribution is -2.02. The molecule has 0 bridgehead atoms. The highest BCUT2D eigenvalue weighted by Crippen LogP contribution is 2.48. The highest BCUT2D eigenvalue weighted by atomic mass is 16.5. The third-order valence-electron chi connectivity index (χ3n) is 13.0. The standard InChI is InChI=1S/C70H54O3.C7H8/c1-5-24-57(30-17-8-16-27-54-25-12-6-13-26-54)52(3)49-64(65(50-71)58-31-18-9-19-32-58)59-45-47-63(48-46-59)73-53(4)38-37-51(2)66-67(60-33-20-10-21-34-60)69(70(72)68(66)61-35-22-11-23-36-61)62-43-41-56(42-44-62)40-39-55-28-14-7-15-29-55;1-2-4-6-7-5-3-1/h5-15,17-26,28-38,41-50H,1-4H3;1-6H,7H2/b17-8+,24-5-,51-37+,52-49+,53-38+,57-30+,65-64-;. The first-order valence-electron chi connectivity index (χ1n) is 26.7. The van der Waals surface area contributed by atoms with Crippen molar-refractivity contribution in [1.82, 2.24) is 0 Å². The van der Waals surface area contributed by atoms with Crippen LogP contribution >= 0.6 is 0 Å². The topological polar surface area (TPSA) is 43.4 Å². The maximum atomic E-state index is 15.0. The van der Waals surface area contributed by atoms with Gasteiger partial charge in [-0.3, -0.25) is 9.59 Å². The Morgan fingerprint density at radius 3 is 1.59 bits per heavy atom. The van der Waals surface area contributed by atoms with Crippen LogP contribution in [0.2, 0.25) is 0 Å². The zero-order chi connectivity index (χ0) is 55.7. The molecule has 3 heteroatoms. The second-order valence-corrected chi connectivity index (χ2v) is 18.7. The Kier molecular flexibility index (Phi) is 20.4. The van der Waals surface area contributed by atoms with Gasteiger partial charge in [-0.2, -0.15) is 0 Å². The van der Waals surface area contributed by atoms with Crippen molar-refractivity contribution in [2.24, 2.45) is 0 Å². The van der Waals surface area contributed by atoms with E-state index in [0.29, 0.717) is 28.2 Å². The lowest BCUT2D eigenvalue weighted by molar-refractivity contribution is -0.108. The summed E-state index contributed by atoms with van der Waals surface area (Å²) in [6.07, 6.45) is 30.3. The van der Waals surface area contributed by atoms with E-state index in [-0.39, 0.29) is 5.78 Å². The number of allylic oxidation sites excluding steroid dienone is 24. The molecule has 0 radical (unpaired) electrons. The van der Waals surface area contributed by atoms with Gasteiger partial charge in [-0.25, -0.2) is 0 Å². The molecule has 0 aliphatic heterocycles. The smallest absolute Gasteiger partial charge is 0.195 e. The van der Waals surface area contributed by atoms with Crippen LogP contribution < -0.4 is 4.74 Å². The van der Waals surface area contributed by atoms with Crippen LogP contribution in [0.1, 0.15) is 78.6 Å². The Bertz CT molecular complexity index is 3790. The fraction of sp³-hybridized carbons (Fsp3) is 0.0649. The Morgan fingerprint density at radius 1 is 0.500 bits per heavy atom. The minimum atomic E-state index is -0.0354. The molecular weight excluding hydrogens is 973 g/mol. The summed E-state index contributed by atoms with van der Waals surface area (Å²) in [6, 6.07) is 65.3. The molecule has 80 heavy (non-hydrogen) atoms. The summed E-state index contributed by atoms with van der Waals surface area (Å²) in [5, 5.41) is 0. The van der Waals surface area contributed by atoms with Crippen LogP contribution in [0.25, 0.3) is 27.9 Å². The summed E-state index contributed by atoms with van der Waals surface area (Å²) in [6.45, 7) is 8.00. The number of benzene rings is 7. The van der Waals surface area contributed by atoms with Crippen molar-refractivity contribution in [3.8, 4) is 29.4 Å². The van der Waals surface area contributed by atoms with E-state index in [4.69, 9.17) is 4.74 Å². The Balaban J connectivity index is 0.00000111. The molecule has 0 unspecified atom stereocenters.